The molecule has 0 aliphatic rings. The van der Waals surface area contributed by atoms with Crippen molar-refractivity contribution in [3.8, 4) is 11.5 Å². The van der Waals surface area contributed by atoms with Crippen LogP contribution in [0.1, 0.15) is 5.56 Å². The van der Waals surface area contributed by atoms with E-state index < -0.39 is 0 Å². The Bertz CT molecular complexity index is 471. The van der Waals surface area contributed by atoms with Crippen LogP contribution in [0.15, 0.2) is 53.0 Å². The van der Waals surface area contributed by atoms with Crippen LogP contribution >= 0.6 is 27.5 Å². The second-order valence-electron chi connectivity index (χ2n) is 3.30. The molecule has 0 aliphatic heterocycles. The van der Waals surface area contributed by atoms with Crippen LogP contribution in [0.2, 0.25) is 0 Å². The Morgan fingerprint density at radius 3 is 2.38 bits per heavy atom. The van der Waals surface area contributed by atoms with E-state index in [0.717, 1.165) is 21.5 Å². The first-order chi connectivity index (χ1) is 7.79. The first-order valence-electron chi connectivity index (χ1n) is 4.87. The number of rotatable bonds is 3. The maximum absolute atomic E-state index is 5.77. The van der Waals surface area contributed by atoms with Crippen LogP contribution in [0, 0.1) is 0 Å². The molecule has 0 saturated heterocycles. The lowest BCUT2D eigenvalue weighted by atomic mass is 10.2. The second kappa shape index (κ2) is 5.37. The van der Waals surface area contributed by atoms with Gasteiger partial charge in [0.1, 0.15) is 11.5 Å². The van der Waals surface area contributed by atoms with E-state index in [1.165, 1.54) is 0 Å². The van der Waals surface area contributed by atoms with Gasteiger partial charge in [-0.25, -0.2) is 0 Å². The molecule has 0 amide bonds. The highest BCUT2D eigenvalue weighted by molar-refractivity contribution is 9.10. The Kier molecular flexibility index (Phi) is 3.86. The van der Waals surface area contributed by atoms with E-state index in [2.05, 4.69) is 15.9 Å². The molecule has 1 nitrogen and oxygen atoms in total. The maximum atomic E-state index is 5.77. The number of hydrogen-bond acceptors (Lipinski definition) is 1. The van der Waals surface area contributed by atoms with Gasteiger partial charge in [0.15, 0.2) is 0 Å². The van der Waals surface area contributed by atoms with Gasteiger partial charge in [0.2, 0.25) is 0 Å². The number of para-hydroxylation sites is 1. The van der Waals surface area contributed by atoms with Gasteiger partial charge >= 0.3 is 0 Å². The minimum Gasteiger partial charge on any atom is -0.457 e. The van der Waals surface area contributed by atoms with Crippen LogP contribution in [0.5, 0.6) is 11.5 Å². The van der Waals surface area contributed by atoms with Crippen LogP contribution in [0.3, 0.4) is 0 Å². The topological polar surface area (TPSA) is 9.23 Å². The number of benzene rings is 2. The molecule has 0 aliphatic carbocycles. The molecule has 0 aromatic heterocycles. The molecular formula is C13H10BrClO. The Morgan fingerprint density at radius 2 is 1.75 bits per heavy atom. The van der Waals surface area contributed by atoms with Crippen LogP contribution in [-0.2, 0) is 5.88 Å². The lowest BCUT2D eigenvalue weighted by Crippen LogP contribution is -1.86. The quantitative estimate of drug-likeness (QED) is 0.726. The molecule has 16 heavy (non-hydrogen) atoms. The van der Waals surface area contributed by atoms with Crippen molar-refractivity contribution >= 4 is 27.5 Å². The average molecular weight is 298 g/mol. The Balaban J connectivity index is 2.20. The van der Waals surface area contributed by atoms with Gasteiger partial charge in [0.25, 0.3) is 0 Å². The van der Waals surface area contributed by atoms with Crippen LogP contribution in [0.4, 0.5) is 0 Å². The first kappa shape index (κ1) is 11.5. The van der Waals surface area contributed by atoms with Crippen molar-refractivity contribution in [2.45, 2.75) is 5.88 Å². The van der Waals surface area contributed by atoms with Crippen molar-refractivity contribution in [3.63, 3.8) is 0 Å². The molecule has 0 fully saturated rings. The fraction of sp³-hybridized carbons (Fsp3) is 0.0769. The summed E-state index contributed by atoms with van der Waals surface area (Å²) >= 11 is 9.23. The Morgan fingerprint density at radius 1 is 1.00 bits per heavy atom. The zero-order chi connectivity index (χ0) is 11.4. The van der Waals surface area contributed by atoms with Gasteiger partial charge in [-0.1, -0.05) is 40.2 Å². The normalized spacial score (nSPS) is 10.1. The van der Waals surface area contributed by atoms with E-state index in [0.29, 0.717) is 5.88 Å². The molecule has 0 N–H and O–H groups in total. The summed E-state index contributed by atoms with van der Waals surface area (Å²) in [7, 11) is 0. The van der Waals surface area contributed by atoms with Gasteiger partial charge in [-0.2, -0.15) is 0 Å². The van der Waals surface area contributed by atoms with E-state index in [4.69, 9.17) is 16.3 Å². The van der Waals surface area contributed by atoms with E-state index in [1.807, 2.05) is 48.5 Å². The molecule has 82 valence electrons. The van der Waals surface area contributed by atoms with Crippen molar-refractivity contribution in [1.82, 2.24) is 0 Å². The highest BCUT2D eigenvalue weighted by Crippen LogP contribution is 2.27. The molecule has 0 saturated carbocycles. The molecule has 0 bridgehead atoms. The summed E-state index contributed by atoms with van der Waals surface area (Å²) in [5.74, 6) is 2.12. The summed E-state index contributed by atoms with van der Waals surface area (Å²) in [6.07, 6.45) is 0. The van der Waals surface area contributed by atoms with Crippen LogP contribution < -0.4 is 4.74 Å². The molecular weight excluding hydrogens is 287 g/mol. The summed E-state index contributed by atoms with van der Waals surface area (Å²) in [4.78, 5) is 0. The summed E-state index contributed by atoms with van der Waals surface area (Å²) in [5.41, 5.74) is 1.06. The minimum absolute atomic E-state index is 0.492. The second-order valence-corrected chi connectivity index (χ2v) is 4.42. The molecule has 0 spiro atoms. The van der Waals surface area contributed by atoms with Crippen molar-refractivity contribution in [3.05, 3.63) is 58.6 Å². The molecule has 0 atom stereocenters. The molecule has 0 unspecified atom stereocenters. The lowest BCUT2D eigenvalue weighted by molar-refractivity contribution is 0.482. The zero-order valence-electron chi connectivity index (χ0n) is 8.49. The highest BCUT2D eigenvalue weighted by Gasteiger charge is 2.02. The van der Waals surface area contributed by atoms with Gasteiger partial charge in [0, 0.05) is 10.4 Å². The summed E-state index contributed by atoms with van der Waals surface area (Å²) in [6.45, 7) is 0. The van der Waals surface area contributed by atoms with E-state index >= 15 is 0 Å². The number of halogens is 2. The third kappa shape index (κ3) is 2.77. The van der Waals surface area contributed by atoms with Gasteiger partial charge in [-0.05, 0) is 29.8 Å². The van der Waals surface area contributed by atoms with Crippen LogP contribution in [0.25, 0.3) is 0 Å². The van der Waals surface area contributed by atoms with E-state index in [-0.39, 0.29) is 0 Å². The summed E-state index contributed by atoms with van der Waals surface area (Å²) < 4.78 is 6.65. The smallest absolute Gasteiger partial charge is 0.128 e. The number of hydrogen-bond donors (Lipinski definition) is 0. The van der Waals surface area contributed by atoms with Crippen molar-refractivity contribution < 1.29 is 4.74 Å². The molecule has 2 aromatic rings. The molecule has 2 rings (SSSR count). The Hall–Kier alpha value is -0.990. The number of ether oxygens (including phenoxy) is 1. The molecule has 3 heteroatoms. The largest absolute Gasteiger partial charge is 0.457 e. The zero-order valence-corrected chi connectivity index (χ0v) is 10.8. The van der Waals surface area contributed by atoms with Gasteiger partial charge in [0.05, 0.1) is 0 Å². The predicted molar refractivity (Wildman–Crippen MR) is 70.2 cm³/mol. The van der Waals surface area contributed by atoms with Crippen LogP contribution in [-0.4, -0.2) is 0 Å². The Labute approximate surface area is 108 Å². The minimum atomic E-state index is 0.492. The molecule has 2 aromatic carbocycles. The monoisotopic (exact) mass is 296 g/mol. The lowest BCUT2D eigenvalue weighted by Gasteiger charge is -2.07. The third-order valence-corrected chi connectivity index (χ3v) is 3.17. The van der Waals surface area contributed by atoms with Crippen molar-refractivity contribution in [1.29, 1.82) is 0 Å². The first-order valence-corrected chi connectivity index (χ1v) is 6.19. The molecule has 0 heterocycles. The number of alkyl halides is 1. The summed E-state index contributed by atoms with van der Waals surface area (Å²) in [5, 5.41) is 0. The molecule has 0 radical (unpaired) electrons. The van der Waals surface area contributed by atoms with Gasteiger partial charge in [-0.15, -0.1) is 11.6 Å². The standard InChI is InChI=1S/C13H10BrClO/c14-13-8-12(7-6-10(13)9-15)16-11-4-2-1-3-5-11/h1-8H,9H2. The average Bonchev–Trinajstić information content (AvgIpc) is 2.31. The maximum Gasteiger partial charge on any atom is 0.128 e. The SMILES string of the molecule is ClCc1ccc(Oc2ccccc2)cc1Br. The fourth-order valence-corrected chi connectivity index (χ4v) is 2.22. The summed E-state index contributed by atoms with van der Waals surface area (Å²) in [6, 6.07) is 15.5. The van der Waals surface area contributed by atoms with E-state index in [9.17, 15) is 0 Å². The fourth-order valence-electron chi connectivity index (χ4n) is 1.32. The van der Waals surface area contributed by atoms with E-state index in [1.54, 1.807) is 0 Å². The van der Waals surface area contributed by atoms with Gasteiger partial charge < -0.3 is 4.74 Å². The predicted octanol–water partition coefficient (Wildman–Crippen LogP) is 4.98. The van der Waals surface area contributed by atoms with Crippen molar-refractivity contribution in [2.24, 2.45) is 0 Å². The third-order valence-electron chi connectivity index (χ3n) is 2.15. The highest BCUT2D eigenvalue weighted by atomic mass is 79.9. The van der Waals surface area contributed by atoms with Gasteiger partial charge in [-0.3, -0.25) is 0 Å². The van der Waals surface area contributed by atoms with Crippen molar-refractivity contribution in [2.75, 3.05) is 0 Å².